The van der Waals surface area contributed by atoms with Crippen LogP contribution in [-0.4, -0.2) is 35.7 Å². The molecule has 1 aromatic carbocycles. The van der Waals surface area contributed by atoms with Gasteiger partial charge in [0.1, 0.15) is 6.33 Å². The molecule has 0 aliphatic heterocycles. The van der Waals surface area contributed by atoms with Crippen LogP contribution in [0, 0.1) is 13.8 Å². The molecule has 9 heteroatoms. The van der Waals surface area contributed by atoms with Crippen LogP contribution in [0.5, 0.6) is 0 Å². The number of carbonyl (C=O) groups is 1. The average Bonchev–Trinajstić information content (AvgIpc) is 3.39. The highest BCUT2D eigenvalue weighted by atomic mass is 16.6. The number of aromatic nitrogens is 6. The normalized spacial score (nSPS) is 11.4. The molecule has 0 amide bonds. The number of nitrogens with zero attached hydrogens (tertiary/aromatic N) is 6. The van der Waals surface area contributed by atoms with Gasteiger partial charge in [0.15, 0.2) is 6.61 Å². The van der Waals surface area contributed by atoms with Crippen molar-refractivity contribution in [3.05, 3.63) is 59.0 Å². The molecule has 0 bridgehead atoms. The maximum absolute atomic E-state index is 12.4. The zero-order chi connectivity index (χ0) is 21.3. The lowest BCUT2D eigenvalue weighted by molar-refractivity contribution is -0.144. The van der Waals surface area contributed by atoms with Crippen molar-refractivity contribution < 1.29 is 14.1 Å². The first-order valence-electron chi connectivity index (χ1n) is 9.66. The van der Waals surface area contributed by atoms with Gasteiger partial charge in [-0.3, -0.25) is 4.79 Å². The van der Waals surface area contributed by atoms with E-state index in [-0.39, 0.29) is 18.9 Å². The van der Waals surface area contributed by atoms with E-state index >= 15 is 0 Å². The van der Waals surface area contributed by atoms with Crippen molar-refractivity contribution in [2.45, 2.75) is 46.6 Å². The van der Waals surface area contributed by atoms with E-state index in [1.807, 2.05) is 38.1 Å². The molecule has 0 atom stereocenters. The lowest BCUT2D eigenvalue weighted by Gasteiger charge is -2.09. The number of benzene rings is 1. The molecule has 154 valence electrons. The zero-order valence-electron chi connectivity index (χ0n) is 17.3. The van der Waals surface area contributed by atoms with Crippen LogP contribution in [0.4, 0.5) is 0 Å². The molecule has 0 fully saturated rings. The summed E-state index contributed by atoms with van der Waals surface area (Å²) >= 11 is 0. The summed E-state index contributed by atoms with van der Waals surface area (Å²) < 4.78 is 12.1. The third-order valence-electron chi connectivity index (χ3n) is 4.97. The second kappa shape index (κ2) is 8.02. The van der Waals surface area contributed by atoms with Crippen LogP contribution in [0.3, 0.4) is 0 Å². The minimum absolute atomic E-state index is 0.0676. The molecular weight excluding hydrogens is 384 g/mol. The van der Waals surface area contributed by atoms with Crippen molar-refractivity contribution in [1.82, 2.24) is 29.7 Å². The Bertz CT molecular complexity index is 1190. The Kier molecular flexibility index (Phi) is 5.26. The molecule has 4 aromatic rings. The Balaban J connectivity index is 1.40. The van der Waals surface area contributed by atoms with Crippen LogP contribution in [0.15, 0.2) is 35.1 Å². The molecule has 0 aliphatic carbocycles. The summed E-state index contributed by atoms with van der Waals surface area (Å²) in [6.07, 6.45) is 1.50. The van der Waals surface area contributed by atoms with Gasteiger partial charge in [-0.15, -0.1) is 0 Å². The van der Waals surface area contributed by atoms with E-state index in [0.29, 0.717) is 17.5 Å². The van der Waals surface area contributed by atoms with Gasteiger partial charge in [0, 0.05) is 22.5 Å². The first kappa shape index (κ1) is 19.7. The number of aryl methyl sites for hydroxylation is 2. The largest absolute Gasteiger partial charge is 0.455 e. The van der Waals surface area contributed by atoms with Gasteiger partial charge < -0.3 is 9.26 Å². The Hall–Kier alpha value is -3.62. The van der Waals surface area contributed by atoms with Crippen molar-refractivity contribution in [3.63, 3.8) is 0 Å². The predicted octanol–water partition coefficient (Wildman–Crippen LogP) is 3.20. The second-order valence-corrected chi connectivity index (χ2v) is 7.36. The van der Waals surface area contributed by atoms with Crippen LogP contribution in [0.2, 0.25) is 0 Å². The molecule has 4 rings (SSSR count). The summed E-state index contributed by atoms with van der Waals surface area (Å²) in [7, 11) is 0. The topological polar surface area (TPSA) is 108 Å². The molecule has 3 aromatic heterocycles. The minimum atomic E-state index is -0.413. The third-order valence-corrected chi connectivity index (χ3v) is 4.97. The smallest absolute Gasteiger partial charge is 0.310 e. The highest BCUT2D eigenvalue weighted by molar-refractivity contribution is 5.73. The number of hydrogen-bond donors (Lipinski definition) is 0. The van der Waals surface area contributed by atoms with Gasteiger partial charge in [-0.05, 0) is 25.3 Å². The van der Waals surface area contributed by atoms with Crippen molar-refractivity contribution in [1.29, 1.82) is 0 Å². The lowest BCUT2D eigenvalue weighted by Crippen LogP contribution is -2.13. The first-order chi connectivity index (χ1) is 14.4. The molecule has 9 nitrogen and oxygen atoms in total. The SMILES string of the molecule is Cc1nc2ncnn2c(C)c1CC(=O)OCc1nc(-c2ccc(C(C)C)cc2)no1. The lowest BCUT2D eigenvalue weighted by atomic mass is 10.0. The number of ether oxygens (including phenoxy) is 1. The summed E-state index contributed by atoms with van der Waals surface area (Å²) in [5, 5.41) is 8.10. The van der Waals surface area contributed by atoms with E-state index in [9.17, 15) is 4.79 Å². The average molecular weight is 406 g/mol. The standard InChI is InChI=1S/C21H22N6O3/c1-12(2)15-5-7-16(8-6-15)20-25-18(30-26-20)10-29-19(28)9-17-13(3)24-21-22-11-23-27(21)14(17)4/h5-8,11-12H,9-10H2,1-4H3. The molecule has 0 radical (unpaired) electrons. The molecule has 30 heavy (non-hydrogen) atoms. The molecule has 0 saturated carbocycles. The maximum Gasteiger partial charge on any atom is 0.310 e. The van der Waals surface area contributed by atoms with Crippen LogP contribution < -0.4 is 0 Å². The Morgan fingerprint density at radius 1 is 1.17 bits per heavy atom. The molecule has 0 N–H and O–H groups in total. The van der Waals surface area contributed by atoms with Gasteiger partial charge in [0.05, 0.1) is 6.42 Å². The molecule has 0 aliphatic rings. The van der Waals surface area contributed by atoms with Gasteiger partial charge >= 0.3 is 5.97 Å². The molecule has 0 saturated heterocycles. The number of hydrogen-bond acceptors (Lipinski definition) is 8. The van der Waals surface area contributed by atoms with Gasteiger partial charge in [0.25, 0.3) is 11.7 Å². The monoisotopic (exact) mass is 406 g/mol. The summed E-state index contributed by atoms with van der Waals surface area (Å²) in [6, 6.07) is 7.99. The Morgan fingerprint density at radius 2 is 1.93 bits per heavy atom. The Labute approximate surface area is 173 Å². The first-order valence-corrected chi connectivity index (χ1v) is 9.66. The van der Waals surface area contributed by atoms with Crippen LogP contribution in [0.1, 0.15) is 48.2 Å². The summed E-state index contributed by atoms with van der Waals surface area (Å²) in [6.45, 7) is 7.89. The zero-order valence-corrected chi connectivity index (χ0v) is 17.3. The van der Waals surface area contributed by atoms with Gasteiger partial charge in [-0.2, -0.15) is 15.1 Å². The highest BCUT2D eigenvalue weighted by Crippen LogP contribution is 2.21. The Morgan fingerprint density at radius 3 is 2.67 bits per heavy atom. The number of carbonyl (C=O) groups excluding carboxylic acids is 1. The molecule has 0 spiro atoms. The van der Waals surface area contributed by atoms with Crippen molar-refractivity contribution in [3.8, 4) is 11.4 Å². The van der Waals surface area contributed by atoms with E-state index in [1.165, 1.54) is 11.9 Å². The van der Waals surface area contributed by atoms with Crippen LogP contribution in [0.25, 0.3) is 17.2 Å². The van der Waals surface area contributed by atoms with Gasteiger partial charge in [0.2, 0.25) is 5.82 Å². The number of esters is 1. The van der Waals surface area contributed by atoms with E-state index < -0.39 is 5.97 Å². The van der Waals surface area contributed by atoms with Crippen molar-refractivity contribution >= 4 is 11.7 Å². The van der Waals surface area contributed by atoms with E-state index in [4.69, 9.17) is 9.26 Å². The number of rotatable bonds is 6. The van der Waals surface area contributed by atoms with E-state index in [2.05, 4.69) is 39.1 Å². The molecule has 3 heterocycles. The van der Waals surface area contributed by atoms with E-state index in [0.717, 1.165) is 22.5 Å². The van der Waals surface area contributed by atoms with Gasteiger partial charge in [-0.1, -0.05) is 43.3 Å². The summed E-state index contributed by atoms with van der Waals surface area (Å²) in [4.78, 5) is 25.1. The summed E-state index contributed by atoms with van der Waals surface area (Å²) in [5.41, 5.74) is 4.36. The van der Waals surface area contributed by atoms with Crippen LogP contribution >= 0.6 is 0 Å². The molecular formula is C21H22N6O3. The fourth-order valence-electron chi connectivity index (χ4n) is 3.20. The number of fused-ring (bicyclic) bond motifs is 1. The fourth-order valence-corrected chi connectivity index (χ4v) is 3.20. The molecule has 0 unspecified atom stereocenters. The van der Waals surface area contributed by atoms with Gasteiger partial charge in [-0.25, -0.2) is 9.50 Å². The summed E-state index contributed by atoms with van der Waals surface area (Å²) in [5.74, 6) is 1.24. The minimum Gasteiger partial charge on any atom is -0.455 e. The maximum atomic E-state index is 12.4. The van der Waals surface area contributed by atoms with Crippen molar-refractivity contribution in [2.24, 2.45) is 0 Å². The second-order valence-electron chi connectivity index (χ2n) is 7.36. The highest BCUT2D eigenvalue weighted by Gasteiger charge is 2.17. The fraction of sp³-hybridized carbons (Fsp3) is 0.333. The quantitative estimate of drug-likeness (QED) is 0.449. The predicted molar refractivity (Wildman–Crippen MR) is 108 cm³/mol. The van der Waals surface area contributed by atoms with Crippen LogP contribution in [-0.2, 0) is 22.6 Å². The van der Waals surface area contributed by atoms with E-state index in [1.54, 1.807) is 4.52 Å². The van der Waals surface area contributed by atoms with Crippen molar-refractivity contribution in [2.75, 3.05) is 0 Å². The third kappa shape index (κ3) is 3.91.